The molecule has 3 rings (SSSR count). The average Bonchev–Trinajstić information content (AvgIpc) is 2.89. The van der Waals surface area contributed by atoms with Crippen LogP contribution in [0.1, 0.15) is 10.4 Å². The van der Waals surface area contributed by atoms with Crippen LogP contribution in [0.2, 0.25) is 0 Å². The van der Waals surface area contributed by atoms with Crippen LogP contribution in [-0.4, -0.2) is 30.8 Å². The number of aromatic nitrogens is 4. The zero-order valence-electron chi connectivity index (χ0n) is 9.87. The van der Waals surface area contributed by atoms with Gasteiger partial charge >= 0.3 is 5.97 Å². The molecular weight excluding hydrogens is 328 g/mol. The highest BCUT2D eigenvalue weighted by atomic mass is 79.9. The van der Waals surface area contributed by atoms with Crippen LogP contribution in [0.25, 0.3) is 16.9 Å². The Balaban J connectivity index is 2.19. The molecule has 2 N–H and O–H groups in total. The fourth-order valence-corrected chi connectivity index (χ4v) is 2.12. The summed E-state index contributed by atoms with van der Waals surface area (Å²) in [5.74, 6) is -0.930. The molecule has 20 heavy (non-hydrogen) atoms. The predicted molar refractivity (Wildman–Crippen MR) is 74.1 cm³/mol. The number of carboxylic acids is 1. The fraction of sp³-hybridized carbons (Fsp3) is 0. The van der Waals surface area contributed by atoms with E-state index in [0.717, 1.165) is 4.47 Å². The molecule has 0 spiro atoms. The van der Waals surface area contributed by atoms with Crippen LogP contribution in [0.3, 0.4) is 0 Å². The lowest BCUT2D eigenvalue weighted by atomic mass is 10.2. The molecule has 0 aliphatic heterocycles. The second kappa shape index (κ2) is 4.57. The summed E-state index contributed by atoms with van der Waals surface area (Å²) in [6, 6.07) is 5.13. The first-order chi connectivity index (χ1) is 9.54. The quantitative estimate of drug-likeness (QED) is 0.740. The Morgan fingerprint density at radius 1 is 1.40 bits per heavy atom. The van der Waals surface area contributed by atoms with E-state index >= 15 is 0 Å². The summed E-state index contributed by atoms with van der Waals surface area (Å²) in [5.41, 5.74) is 0.196. The standard InChI is InChI=1S/C12H7BrN4O3/c13-7-1-2-9-8(3-7)10(18)16-12(15-9)17-5-6(4-14-17)11(19)20/h1-5H,(H,19,20)(H,15,16,18). The number of rotatable bonds is 2. The van der Waals surface area contributed by atoms with Crippen molar-refractivity contribution < 1.29 is 9.90 Å². The molecule has 0 aliphatic carbocycles. The molecule has 0 radical (unpaired) electrons. The van der Waals surface area contributed by atoms with Gasteiger partial charge in [-0.2, -0.15) is 5.10 Å². The van der Waals surface area contributed by atoms with Crippen LogP contribution in [0.4, 0.5) is 0 Å². The Bertz CT molecular complexity index is 884. The Labute approximate surface area is 120 Å². The average molecular weight is 335 g/mol. The molecule has 0 atom stereocenters. The monoisotopic (exact) mass is 334 g/mol. The van der Waals surface area contributed by atoms with Gasteiger partial charge in [0.15, 0.2) is 0 Å². The Kier molecular flexibility index (Phi) is 2.87. The van der Waals surface area contributed by atoms with E-state index < -0.39 is 5.97 Å². The third-order valence-corrected chi connectivity index (χ3v) is 3.19. The highest BCUT2D eigenvalue weighted by Gasteiger charge is 2.10. The van der Waals surface area contributed by atoms with Crippen molar-refractivity contribution in [1.29, 1.82) is 0 Å². The van der Waals surface area contributed by atoms with Crippen LogP contribution < -0.4 is 5.56 Å². The molecule has 0 fully saturated rings. The van der Waals surface area contributed by atoms with Gasteiger partial charge in [0, 0.05) is 10.7 Å². The molecule has 0 aliphatic rings. The minimum atomic E-state index is -1.09. The van der Waals surface area contributed by atoms with Gasteiger partial charge in [0.25, 0.3) is 5.56 Å². The number of carboxylic acid groups (broad SMARTS) is 1. The van der Waals surface area contributed by atoms with E-state index in [4.69, 9.17) is 5.11 Å². The SMILES string of the molecule is O=C(O)c1cnn(-c2nc3ccc(Br)cc3c(=O)[nH]2)c1. The summed E-state index contributed by atoms with van der Waals surface area (Å²) in [7, 11) is 0. The number of H-pyrrole nitrogens is 1. The van der Waals surface area contributed by atoms with Gasteiger partial charge in [-0.05, 0) is 18.2 Å². The van der Waals surface area contributed by atoms with Gasteiger partial charge in [-0.15, -0.1) is 0 Å². The number of aromatic carboxylic acids is 1. The molecule has 7 nitrogen and oxygen atoms in total. The van der Waals surface area contributed by atoms with E-state index in [0.29, 0.717) is 10.9 Å². The second-order valence-corrected chi connectivity index (χ2v) is 4.95. The van der Waals surface area contributed by atoms with Crippen molar-refractivity contribution in [2.45, 2.75) is 0 Å². The largest absolute Gasteiger partial charge is 0.478 e. The third-order valence-electron chi connectivity index (χ3n) is 2.70. The van der Waals surface area contributed by atoms with E-state index in [9.17, 15) is 9.59 Å². The lowest BCUT2D eigenvalue weighted by Gasteiger charge is -2.02. The van der Waals surface area contributed by atoms with Crippen LogP contribution in [-0.2, 0) is 0 Å². The van der Waals surface area contributed by atoms with Crippen molar-refractivity contribution in [3.05, 3.63) is 51.0 Å². The second-order valence-electron chi connectivity index (χ2n) is 4.03. The van der Waals surface area contributed by atoms with Gasteiger partial charge in [0.1, 0.15) is 0 Å². The first-order valence-electron chi connectivity index (χ1n) is 5.52. The smallest absolute Gasteiger partial charge is 0.338 e. The van der Waals surface area contributed by atoms with E-state index in [1.165, 1.54) is 17.1 Å². The van der Waals surface area contributed by atoms with E-state index in [1.54, 1.807) is 18.2 Å². The maximum absolute atomic E-state index is 12.0. The molecule has 0 saturated carbocycles. The van der Waals surface area contributed by atoms with Gasteiger partial charge in [0.2, 0.25) is 5.95 Å². The number of fused-ring (bicyclic) bond motifs is 1. The van der Waals surface area contributed by atoms with Gasteiger partial charge in [0.05, 0.1) is 22.7 Å². The Morgan fingerprint density at radius 3 is 2.90 bits per heavy atom. The molecule has 0 saturated heterocycles. The van der Waals surface area contributed by atoms with Crippen molar-refractivity contribution in [3.63, 3.8) is 0 Å². The first-order valence-corrected chi connectivity index (χ1v) is 6.32. The molecule has 0 unspecified atom stereocenters. The minimum Gasteiger partial charge on any atom is -0.478 e. The Morgan fingerprint density at radius 2 is 2.20 bits per heavy atom. The molecule has 3 aromatic rings. The van der Waals surface area contributed by atoms with Crippen LogP contribution in [0.15, 0.2) is 39.9 Å². The van der Waals surface area contributed by atoms with Gasteiger partial charge in [-0.25, -0.2) is 14.5 Å². The lowest BCUT2D eigenvalue weighted by Crippen LogP contribution is -2.13. The predicted octanol–water partition coefficient (Wildman–Crippen LogP) is 1.57. The van der Waals surface area contributed by atoms with Crippen molar-refractivity contribution in [3.8, 4) is 5.95 Å². The fourth-order valence-electron chi connectivity index (χ4n) is 1.76. The summed E-state index contributed by atoms with van der Waals surface area (Å²) < 4.78 is 1.99. The number of nitrogens with one attached hydrogen (secondary N) is 1. The molecular formula is C12H7BrN4O3. The number of aromatic amines is 1. The number of halogens is 1. The van der Waals surface area contributed by atoms with Crippen molar-refractivity contribution in [2.75, 3.05) is 0 Å². The topological polar surface area (TPSA) is 101 Å². The Hall–Kier alpha value is -2.48. The highest BCUT2D eigenvalue weighted by Crippen LogP contribution is 2.15. The van der Waals surface area contributed by atoms with E-state index in [1.807, 2.05) is 0 Å². The van der Waals surface area contributed by atoms with Crippen molar-refractivity contribution in [1.82, 2.24) is 19.7 Å². The summed E-state index contributed by atoms with van der Waals surface area (Å²) in [5, 5.41) is 13.2. The van der Waals surface area contributed by atoms with Gasteiger partial charge in [-0.1, -0.05) is 15.9 Å². The van der Waals surface area contributed by atoms with E-state index in [2.05, 4.69) is 31.0 Å². The number of carbonyl (C=O) groups is 1. The summed E-state index contributed by atoms with van der Waals surface area (Å²) >= 11 is 3.29. The number of nitrogens with zero attached hydrogens (tertiary/aromatic N) is 3. The molecule has 2 aromatic heterocycles. The molecule has 100 valence electrons. The van der Waals surface area contributed by atoms with E-state index in [-0.39, 0.29) is 17.1 Å². The van der Waals surface area contributed by atoms with Crippen LogP contribution in [0.5, 0.6) is 0 Å². The van der Waals surface area contributed by atoms with Crippen LogP contribution >= 0.6 is 15.9 Å². The molecule has 8 heteroatoms. The zero-order chi connectivity index (χ0) is 14.3. The van der Waals surface area contributed by atoms with Gasteiger partial charge < -0.3 is 5.11 Å². The third kappa shape index (κ3) is 2.10. The van der Waals surface area contributed by atoms with Gasteiger partial charge in [-0.3, -0.25) is 9.78 Å². The maximum Gasteiger partial charge on any atom is 0.338 e. The normalized spacial score (nSPS) is 10.8. The van der Waals surface area contributed by atoms with Crippen molar-refractivity contribution >= 4 is 32.8 Å². The molecule has 0 amide bonds. The van der Waals surface area contributed by atoms with Crippen LogP contribution in [0, 0.1) is 0 Å². The summed E-state index contributed by atoms with van der Waals surface area (Å²) in [4.78, 5) is 29.6. The number of hydrogen-bond donors (Lipinski definition) is 2. The molecule has 2 heterocycles. The number of hydrogen-bond acceptors (Lipinski definition) is 4. The zero-order valence-corrected chi connectivity index (χ0v) is 11.5. The molecule has 1 aromatic carbocycles. The molecule has 0 bridgehead atoms. The maximum atomic E-state index is 12.0. The summed E-state index contributed by atoms with van der Waals surface area (Å²) in [6.45, 7) is 0. The van der Waals surface area contributed by atoms with Crippen molar-refractivity contribution in [2.24, 2.45) is 0 Å². The summed E-state index contributed by atoms with van der Waals surface area (Å²) in [6.07, 6.45) is 2.47. The minimum absolute atomic E-state index is 0.0172. The lowest BCUT2D eigenvalue weighted by molar-refractivity contribution is 0.0697. The highest BCUT2D eigenvalue weighted by molar-refractivity contribution is 9.10. The number of benzene rings is 1. The first kappa shape index (κ1) is 12.5.